The van der Waals surface area contributed by atoms with E-state index in [1.165, 1.54) is 11.8 Å². The number of aryl methyl sites for hydroxylation is 1. The number of rotatable bonds is 4. The van der Waals surface area contributed by atoms with E-state index in [-0.39, 0.29) is 17.1 Å². The number of anilines is 1. The van der Waals surface area contributed by atoms with Crippen molar-refractivity contribution in [3.05, 3.63) is 71.8 Å². The number of para-hydroxylation sites is 1. The summed E-state index contributed by atoms with van der Waals surface area (Å²) >= 11 is 1.50. The number of hydrogen-bond acceptors (Lipinski definition) is 4. The van der Waals surface area contributed by atoms with Crippen LogP contribution in [0.4, 0.5) is 5.69 Å². The van der Waals surface area contributed by atoms with Crippen LogP contribution in [0.1, 0.15) is 28.7 Å². The summed E-state index contributed by atoms with van der Waals surface area (Å²) in [5.74, 6) is 0.661. The van der Waals surface area contributed by atoms with Crippen LogP contribution in [0.5, 0.6) is 0 Å². The molecule has 1 aromatic heterocycles. The molecule has 2 aromatic carbocycles. The second-order valence-corrected chi connectivity index (χ2v) is 8.00. The summed E-state index contributed by atoms with van der Waals surface area (Å²) in [6.45, 7) is 4.19. The van der Waals surface area contributed by atoms with Crippen LogP contribution in [0, 0.1) is 6.92 Å². The van der Waals surface area contributed by atoms with E-state index < -0.39 is 0 Å². The van der Waals surface area contributed by atoms with Crippen molar-refractivity contribution in [2.45, 2.75) is 30.5 Å². The minimum absolute atomic E-state index is 0.0420. The number of thioether (sulfide) groups is 1. The van der Waals surface area contributed by atoms with Crippen LogP contribution in [0.15, 0.2) is 59.8 Å². The lowest BCUT2D eigenvalue weighted by atomic mass is 10.1. The summed E-state index contributed by atoms with van der Waals surface area (Å²) in [6.07, 6.45) is 3.66. The van der Waals surface area contributed by atoms with E-state index in [0.717, 1.165) is 22.0 Å². The van der Waals surface area contributed by atoms with E-state index in [2.05, 4.69) is 15.6 Å². The van der Waals surface area contributed by atoms with Gasteiger partial charge >= 0.3 is 0 Å². The summed E-state index contributed by atoms with van der Waals surface area (Å²) in [5, 5.41) is 5.70. The van der Waals surface area contributed by atoms with E-state index >= 15 is 0 Å². The molecule has 0 aliphatic carbocycles. The smallest absolute Gasteiger partial charge is 0.251 e. The van der Waals surface area contributed by atoms with Gasteiger partial charge in [0.05, 0.1) is 16.6 Å². The maximum Gasteiger partial charge on any atom is 0.251 e. The molecular formula is C21H20N4O2S. The maximum atomic E-state index is 12.7. The van der Waals surface area contributed by atoms with Crippen LogP contribution in [0.2, 0.25) is 0 Å². The first-order valence-corrected chi connectivity index (χ1v) is 9.89. The van der Waals surface area contributed by atoms with Gasteiger partial charge in [0.2, 0.25) is 5.91 Å². The molecule has 2 heterocycles. The molecule has 1 aliphatic heterocycles. The highest BCUT2D eigenvalue weighted by Gasteiger charge is 2.23. The molecule has 4 rings (SSSR count). The first kappa shape index (κ1) is 18.3. The molecule has 0 spiro atoms. The Kier molecular flexibility index (Phi) is 4.92. The highest BCUT2D eigenvalue weighted by molar-refractivity contribution is 8.00. The summed E-state index contributed by atoms with van der Waals surface area (Å²) in [6, 6.07) is 13.3. The predicted molar refractivity (Wildman–Crippen MR) is 110 cm³/mol. The Morgan fingerprint density at radius 2 is 2.11 bits per heavy atom. The van der Waals surface area contributed by atoms with Crippen LogP contribution < -0.4 is 10.6 Å². The van der Waals surface area contributed by atoms with E-state index in [4.69, 9.17) is 0 Å². The first-order chi connectivity index (χ1) is 13.5. The highest BCUT2D eigenvalue weighted by Crippen LogP contribution is 2.35. The van der Waals surface area contributed by atoms with Crippen molar-refractivity contribution in [3.63, 3.8) is 0 Å². The Bertz CT molecular complexity index is 1060. The number of amides is 2. The normalized spacial score (nSPS) is 15.6. The van der Waals surface area contributed by atoms with Gasteiger partial charge in [0.25, 0.3) is 5.91 Å². The molecule has 0 saturated carbocycles. The first-order valence-electron chi connectivity index (χ1n) is 9.01. The third kappa shape index (κ3) is 3.53. The lowest BCUT2D eigenvalue weighted by molar-refractivity contribution is -0.115. The second kappa shape index (κ2) is 7.52. The lowest BCUT2D eigenvalue weighted by Gasteiger charge is -2.21. The van der Waals surface area contributed by atoms with Crippen molar-refractivity contribution in [3.8, 4) is 5.69 Å². The number of aromatic nitrogens is 2. The largest absolute Gasteiger partial charge is 0.348 e. The Hall–Kier alpha value is -3.06. The van der Waals surface area contributed by atoms with Crippen molar-refractivity contribution in [2.75, 3.05) is 5.32 Å². The number of hydrogen-bond donors (Lipinski definition) is 2. The quantitative estimate of drug-likeness (QED) is 0.712. The summed E-state index contributed by atoms with van der Waals surface area (Å²) in [5.41, 5.74) is 3.19. The van der Waals surface area contributed by atoms with Gasteiger partial charge in [-0.25, -0.2) is 4.98 Å². The lowest BCUT2D eigenvalue weighted by Crippen LogP contribution is -2.27. The van der Waals surface area contributed by atoms with Gasteiger partial charge < -0.3 is 15.2 Å². The molecule has 142 valence electrons. The van der Waals surface area contributed by atoms with Crippen LogP contribution in [-0.2, 0) is 11.3 Å². The summed E-state index contributed by atoms with van der Waals surface area (Å²) < 4.78 is 1.99. The number of carbonyl (C=O) groups is 2. The molecule has 2 amide bonds. The van der Waals surface area contributed by atoms with Gasteiger partial charge in [0.1, 0.15) is 5.82 Å². The van der Waals surface area contributed by atoms with E-state index in [9.17, 15) is 9.59 Å². The van der Waals surface area contributed by atoms with Gasteiger partial charge in [0, 0.05) is 29.4 Å². The van der Waals surface area contributed by atoms with Crippen molar-refractivity contribution in [1.29, 1.82) is 0 Å². The number of carbonyl (C=O) groups excluding carboxylic acids is 2. The molecule has 1 atom stereocenters. The average molecular weight is 392 g/mol. The number of nitrogens with one attached hydrogen (secondary N) is 2. The van der Waals surface area contributed by atoms with Crippen LogP contribution in [0.25, 0.3) is 5.69 Å². The van der Waals surface area contributed by atoms with Gasteiger partial charge in [-0.15, -0.1) is 11.8 Å². The molecule has 6 nitrogen and oxygen atoms in total. The fraction of sp³-hybridized carbons (Fsp3) is 0.190. The zero-order valence-electron chi connectivity index (χ0n) is 15.6. The zero-order valence-corrected chi connectivity index (χ0v) is 16.4. The molecule has 2 N–H and O–H groups in total. The fourth-order valence-corrected chi connectivity index (χ4v) is 4.09. The summed E-state index contributed by atoms with van der Waals surface area (Å²) in [7, 11) is 0. The Balaban J connectivity index is 1.51. The Labute approximate surface area is 167 Å². The molecule has 1 aliphatic rings. The number of fused-ring (bicyclic) bond motifs is 1. The summed E-state index contributed by atoms with van der Waals surface area (Å²) in [4.78, 5) is 29.8. The van der Waals surface area contributed by atoms with E-state index in [1.807, 2.05) is 54.9 Å². The molecule has 0 bridgehead atoms. The van der Waals surface area contributed by atoms with Crippen molar-refractivity contribution in [2.24, 2.45) is 0 Å². The molecule has 3 aromatic rings. The van der Waals surface area contributed by atoms with Crippen LogP contribution in [-0.4, -0.2) is 26.6 Å². The molecular weight excluding hydrogens is 372 g/mol. The third-order valence-electron chi connectivity index (χ3n) is 4.69. The van der Waals surface area contributed by atoms with Crippen molar-refractivity contribution >= 4 is 29.3 Å². The second-order valence-electron chi connectivity index (χ2n) is 6.62. The highest BCUT2D eigenvalue weighted by atomic mass is 32.2. The Morgan fingerprint density at radius 1 is 1.29 bits per heavy atom. The van der Waals surface area contributed by atoms with Gasteiger partial charge in [0.15, 0.2) is 0 Å². The van der Waals surface area contributed by atoms with Crippen LogP contribution >= 0.6 is 11.8 Å². The minimum atomic E-state index is -0.183. The fourth-order valence-electron chi connectivity index (χ4n) is 3.16. The predicted octanol–water partition coefficient (Wildman–Crippen LogP) is 3.54. The minimum Gasteiger partial charge on any atom is -0.348 e. The molecule has 1 unspecified atom stereocenters. The van der Waals surface area contributed by atoms with E-state index in [1.54, 1.807) is 18.3 Å². The third-order valence-corrected chi connectivity index (χ3v) is 5.87. The van der Waals surface area contributed by atoms with Crippen LogP contribution in [0.3, 0.4) is 0 Å². The standard InChI is InChI=1S/C21H20N4O2S/c1-13-20(26)24-17-11-15(7-8-19(17)28-13)21(27)23-12-16-5-3-4-6-18(16)25-10-9-22-14(25)2/h3-11,13H,12H2,1-2H3,(H,23,27)(H,24,26). The molecule has 0 fully saturated rings. The molecule has 28 heavy (non-hydrogen) atoms. The van der Waals surface area contributed by atoms with E-state index in [0.29, 0.717) is 17.8 Å². The molecule has 0 saturated heterocycles. The average Bonchev–Trinajstić information content (AvgIpc) is 3.12. The number of nitrogens with zero attached hydrogens (tertiary/aromatic N) is 2. The van der Waals surface area contributed by atoms with Gasteiger partial charge in [-0.1, -0.05) is 18.2 Å². The number of benzene rings is 2. The molecule has 7 heteroatoms. The molecule has 0 radical (unpaired) electrons. The zero-order chi connectivity index (χ0) is 19.7. The van der Waals surface area contributed by atoms with Gasteiger partial charge in [-0.2, -0.15) is 0 Å². The number of imidazole rings is 1. The van der Waals surface area contributed by atoms with Crippen molar-refractivity contribution in [1.82, 2.24) is 14.9 Å². The topological polar surface area (TPSA) is 76.0 Å². The van der Waals surface area contributed by atoms with Gasteiger partial charge in [-0.3, -0.25) is 9.59 Å². The van der Waals surface area contributed by atoms with Crippen molar-refractivity contribution < 1.29 is 9.59 Å². The monoisotopic (exact) mass is 392 g/mol. The SMILES string of the molecule is Cc1nccn1-c1ccccc1CNC(=O)c1ccc2c(c1)NC(=O)C(C)S2. The maximum absolute atomic E-state index is 12.7. The Morgan fingerprint density at radius 3 is 2.89 bits per heavy atom. The van der Waals surface area contributed by atoms with Gasteiger partial charge in [-0.05, 0) is 43.7 Å².